The number of carbonyl (C=O) groups excluding carboxylic acids is 1. The highest BCUT2D eigenvalue weighted by Crippen LogP contribution is 2.28. The summed E-state index contributed by atoms with van der Waals surface area (Å²) in [7, 11) is 0. The van der Waals surface area contributed by atoms with Gasteiger partial charge in [-0.2, -0.15) is 0 Å². The second kappa shape index (κ2) is 7.37. The van der Waals surface area contributed by atoms with Crippen molar-refractivity contribution in [2.24, 2.45) is 4.99 Å². The Labute approximate surface area is 170 Å². The van der Waals surface area contributed by atoms with Crippen LogP contribution >= 0.6 is 11.6 Å². The molecule has 4 rings (SSSR count). The molecular weight excluding hydrogens is 396 g/mol. The van der Waals surface area contributed by atoms with Gasteiger partial charge in [0.15, 0.2) is 5.70 Å². The highest BCUT2D eigenvalue weighted by atomic mass is 35.5. The number of nitro benzene ring substituents is 1. The van der Waals surface area contributed by atoms with Crippen LogP contribution in [0.3, 0.4) is 0 Å². The second-order valence-corrected chi connectivity index (χ2v) is 6.74. The van der Waals surface area contributed by atoms with Gasteiger partial charge in [-0.25, -0.2) is 9.79 Å². The van der Waals surface area contributed by atoms with Crippen molar-refractivity contribution >= 4 is 35.2 Å². The van der Waals surface area contributed by atoms with E-state index in [2.05, 4.69) is 4.99 Å². The molecule has 7 nitrogen and oxygen atoms in total. The van der Waals surface area contributed by atoms with E-state index in [-0.39, 0.29) is 17.3 Å². The van der Waals surface area contributed by atoms with Gasteiger partial charge < -0.3 is 9.15 Å². The number of hydrogen-bond donors (Lipinski definition) is 0. The Balaban J connectivity index is 1.64. The van der Waals surface area contributed by atoms with Crippen molar-refractivity contribution in [3.05, 3.63) is 92.3 Å². The number of carbonyl (C=O) groups is 1. The van der Waals surface area contributed by atoms with Gasteiger partial charge in [-0.1, -0.05) is 29.8 Å². The topological polar surface area (TPSA) is 94.9 Å². The fraction of sp³-hybridized carbons (Fsp3) is 0.0476. The number of halogens is 1. The Bertz CT molecular complexity index is 1210. The molecule has 2 aromatic carbocycles. The van der Waals surface area contributed by atoms with Crippen molar-refractivity contribution in [3.8, 4) is 11.3 Å². The minimum Gasteiger partial charge on any atom is -0.457 e. The van der Waals surface area contributed by atoms with Gasteiger partial charge >= 0.3 is 5.97 Å². The van der Waals surface area contributed by atoms with Crippen LogP contribution < -0.4 is 0 Å². The van der Waals surface area contributed by atoms with Gasteiger partial charge in [0, 0.05) is 33.9 Å². The zero-order valence-corrected chi connectivity index (χ0v) is 15.8. The van der Waals surface area contributed by atoms with Gasteiger partial charge in [0.05, 0.1) is 4.92 Å². The maximum absolute atomic E-state index is 12.2. The van der Waals surface area contributed by atoms with Crippen LogP contribution in [0.15, 0.2) is 69.7 Å². The highest BCUT2D eigenvalue weighted by molar-refractivity contribution is 6.30. The van der Waals surface area contributed by atoms with Gasteiger partial charge in [-0.3, -0.25) is 10.1 Å². The Morgan fingerprint density at radius 2 is 1.93 bits per heavy atom. The molecular formula is C21H13ClN2O5. The molecule has 0 amide bonds. The molecule has 0 fully saturated rings. The summed E-state index contributed by atoms with van der Waals surface area (Å²) in [6, 6.07) is 15.2. The van der Waals surface area contributed by atoms with Gasteiger partial charge in [0.25, 0.3) is 5.69 Å². The molecule has 0 aliphatic carbocycles. The van der Waals surface area contributed by atoms with Gasteiger partial charge in [0.1, 0.15) is 11.5 Å². The first kappa shape index (κ1) is 18.6. The number of cyclic esters (lactones) is 1. The van der Waals surface area contributed by atoms with E-state index in [0.29, 0.717) is 27.7 Å². The lowest BCUT2D eigenvalue weighted by atomic mass is 10.1. The number of rotatable bonds is 4. The smallest absolute Gasteiger partial charge is 0.363 e. The number of aliphatic imine (C=N–C) groups is 1. The molecule has 0 unspecified atom stereocenters. The standard InChI is InChI=1S/C21H13ClN2O5/c1-12-5-6-14(10-18(12)24(26)27)20-23-17(21(25)29-20)11-16-7-8-19(28-16)13-3-2-4-15(22)9-13/h2-11H,1H3/b17-11-. The highest BCUT2D eigenvalue weighted by Gasteiger charge is 2.26. The predicted molar refractivity (Wildman–Crippen MR) is 108 cm³/mol. The molecule has 0 radical (unpaired) electrons. The van der Waals surface area contributed by atoms with E-state index in [1.165, 1.54) is 12.1 Å². The van der Waals surface area contributed by atoms with Crippen molar-refractivity contribution in [1.82, 2.24) is 0 Å². The Hall–Kier alpha value is -3.71. The number of ether oxygens (including phenoxy) is 1. The first-order valence-electron chi connectivity index (χ1n) is 8.54. The van der Waals surface area contributed by atoms with Crippen LogP contribution in [-0.2, 0) is 9.53 Å². The summed E-state index contributed by atoms with van der Waals surface area (Å²) in [5.41, 5.74) is 1.61. The summed E-state index contributed by atoms with van der Waals surface area (Å²) in [6.07, 6.45) is 1.45. The van der Waals surface area contributed by atoms with Crippen molar-refractivity contribution in [2.45, 2.75) is 6.92 Å². The number of nitro groups is 1. The van der Waals surface area contributed by atoms with Crippen molar-refractivity contribution in [1.29, 1.82) is 0 Å². The number of hydrogen-bond acceptors (Lipinski definition) is 6. The summed E-state index contributed by atoms with van der Waals surface area (Å²) >= 11 is 6.00. The predicted octanol–water partition coefficient (Wildman–Crippen LogP) is 5.16. The maximum atomic E-state index is 12.2. The van der Waals surface area contributed by atoms with E-state index in [1.54, 1.807) is 43.3 Å². The minimum absolute atomic E-state index is 0.00553. The van der Waals surface area contributed by atoms with Crippen LogP contribution in [0.5, 0.6) is 0 Å². The zero-order valence-electron chi connectivity index (χ0n) is 15.1. The largest absolute Gasteiger partial charge is 0.457 e. The third-order valence-electron chi connectivity index (χ3n) is 4.29. The molecule has 0 saturated carbocycles. The maximum Gasteiger partial charge on any atom is 0.363 e. The summed E-state index contributed by atoms with van der Waals surface area (Å²) < 4.78 is 10.9. The summed E-state index contributed by atoms with van der Waals surface area (Å²) in [6.45, 7) is 1.63. The van der Waals surface area contributed by atoms with E-state index in [1.807, 2.05) is 12.1 Å². The van der Waals surface area contributed by atoms with Crippen LogP contribution in [0.1, 0.15) is 16.9 Å². The molecule has 0 atom stereocenters. The van der Waals surface area contributed by atoms with E-state index in [4.69, 9.17) is 20.8 Å². The van der Waals surface area contributed by atoms with Gasteiger partial charge in [-0.15, -0.1) is 0 Å². The van der Waals surface area contributed by atoms with Crippen LogP contribution in [0.25, 0.3) is 17.4 Å². The van der Waals surface area contributed by atoms with Crippen molar-refractivity contribution in [2.75, 3.05) is 0 Å². The Morgan fingerprint density at radius 1 is 1.10 bits per heavy atom. The Kier molecular flexibility index (Phi) is 4.74. The van der Waals surface area contributed by atoms with E-state index < -0.39 is 10.9 Å². The zero-order chi connectivity index (χ0) is 20.5. The number of esters is 1. The quantitative estimate of drug-likeness (QED) is 0.257. The van der Waals surface area contributed by atoms with Crippen molar-refractivity contribution < 1.29 is 18.9 Å². The number of nitrogens with zero attached hydrogens (tertiary/aromatic N) is 2. The van der Waals surface area contributed by atoms with Crippen molar-refractivity contribution in [3.63, 3.8) is 0 Å². The average molecular weight is 409 g/mol. The molecule has 1 aromatic heterocycles. The van der Waals surface area contributed by atoms with E-state index in [0.717, 1.165) is 5.56 Å². The third kappa shape index (κ3) is 3.81. The molecule has 3 aromatic rings. The molecule has 2 heterocycles. The fourth-order valence-electron chi connectivity index (χ4n) is 2.83. The third-order valence-corrected chi connectivity index (χ3v) is 4.52. The lowest BCUT2D eigenvalue weighted by molar-refractivity contribution is -0.385. The second-order valence-electron chi connectivity index (χ2n) is 6.31. The monoisotopic (exact) mass is 408 g/mol. The summed E-state index contributed by atoms with van der Waals surface area (Å²) in [4.78, 5) is 27.0. The number of aryl methyl sites for hydroxylation is 1. The average Bonchev–Trinajstić information content (AvgIpc) is 3.29. The molecule has 1 aliphatic rings. The van der Waals surface area contributed by atoms with E-state index in [9.17, 15) is 14.9 Å². The number of furan rings is 1. The SMILES string of the molecule is Cc1ccc(C2=N/C(=C\c3ccc(-c4cccc(Cl)c4)o3)C(=O)O2)cc1[N+](=O)[O-]. The molecule has 8 heteroatoms. The summed E-state index contributed by atoms with van der Waals surface area (Å²) in [5.74, 6) is 0.339. The number of benzene rings is 2. The first-order valence-corrected chi connectivity index (χ1v) is 8.92. The summed E-state index contributed by atoms with van der Waals surface area (Å²) in [5, 5.41) is 11.7. The van der Waals surface area contributed by atoms with Gasteiger partial charge in [0.2, 0.25) is 5.90 Å². The fourth-order valence-corrected chi connectivity index (χ4v) is 3.02. The lowest BCUT2D eigenvalue weighted by Gasteiger charge is -2.01. The first-order chi connectivity index (χ1) is 13.9. The molecule has 0 saturated heterocycles. The molecule has 0 N–H and O–H groups in total. The van der Waals surface area contributed by atoms with E-state index >= 15 is 0 Å². The normalized spacial score (nSPS) is 14.8. The molecule has 1 aliphatic heterocycles. The molecule has 0 spiro atoms. The van der Waals surface area contributed by atoms with Gasteiger partial charge in [-0.05, 0) is 37.3 Å². The van der Waals surface area contributed by atoms with Crippen LogP contribution in [0.4, 0.5) is 5.69 Å². The van der Waals surface area contributed by atoms with Crippen LogP contribution in [-0.4, -0.2) is 16.8 Å². The lowest BCUT2D eigenvalue weighted by Crippen LogP contribution is -2.06. The van der Waals surface area contributed by atoms with Crippen LogP contribution in [0.2, 0.25) is 5.02 Å². The molecule has 144 valence electrons. The Morgan fingerprint density at radius 3 is 2.69 bits per heavy atom. The minimum atomic E-state index is -0.663. The molecule has 0 bridgehead atoms. The van der Waals surface area contributed by atoms with Crippen LogP contribution in [0, 0.1) is 17.0 Å². The molecule has 29 heavy (non-hydrogen) atoms.